The topological polar surface area (TPSA) is 52.6 Å². The van der Waals surface area contributed by atoms with Crippen molar-refractivity contribution in [3.05, 3.63) is 40.3 Å². The number of hydrogen-bond donors (Lipinski definition) is 0. The van der Waals surface area contributed by atoms with Gasteiger partial charge in [0.25, 0.3) is 5.91 Å². The number of aromatic nitrogens is 2. The molecule has 2 aromatic heterocycles. The first-order valence-electron chi connectivity index (χ1n) is 9.92. The monoisotopic (exact) mass is 385 g/mol. The summed E-state index contributed by atoms with van der Waals surface area (Å²) < 4.78 is 0. The number of thiophene rings is 1. The van der Waals surface area contributed by atoms with E-state index in [-0.39, 0.29) is 5.91 Å². The van der Waals surface area contributed by atoms with Gasteiger partial charge in [0.15, 0.2) is 0 Å². The molecule has 0 aromatic carbocycles. The molecule has 0 aliphatic carbocycles. The van der Waals surface area contributed by atoms with Crippen molar-refractivity contribution in [3.8, 4) is 0 Å². The molecule has 4 rings (SSSR count). The van der Waals surface area contributed by atoms with Crippen LogP contribution in [0.1, 0.15) is 40.2 Å². The van der Waals surface area contributed by atoms with Crippen molar-refractivity contribution in [2.45, 2.75) is 32.2 Å². The number of carbonyl (C=O) groups excluding carboxylic acids is 1. The lowest BCUT2D eigenvalue weighted by molar-refractivity contribution is 0.0751. The van der Waals surface area contributed by atoms with Crippen LogP contribution in [-0.4, -0.2) is 64.9 Å². The maximum atomic E-state index is 12.9. The fourth-order valence-corrected chi connectivity index (χ4v) is 4.83. The second kappa shape index (κ2) is 8.80. The highest BCUT2D eigenvalue weighted by molar-refractivity contribution is 7.14. The zero-order valence-electron chi connectivity index (χ0n) is 15.7. The van der Waals surface area contributed by atoms with Gasteiger partial charge in [0.1, 0.15) is 0 Å². The number of carbonyl (C=O) groups is 1. The molecule has 0 spiro atoms. The highest BCUT2D eigenvalue weighted by Crippen LogP contribution is 2.22. The molecule has 144 valence electrons. The van der Waals surface area contributed by atoms with Gasteiger partial charge < -0.3 is 9.80 Å². The Bertz CT molecular complexity index is 734. The van der Waals surface area contributed by atoms with E-state index in [2.05, 4.69) is 25.8 Å². The Morgan fingerprint density at radius 2 is 1.63 bits per heavy atom. The largest absolute Gasteiger partial charge is 0.337 e. The fraction of sp³-hybridized carbons (Fsp3) is 0.550. The number of nitrogens with zero attached hydrogens (tertiary/aromatic N) is 5. The summed E-state index contributed by atoms with van der Waals surface area (Å²) in [5, 5.41) is 0. The van der Waals surface area contributed by atoms with Gasteiger partial charge in [0.2, 0.25) is 5.95 Å². The van der Waals surface area contributed by atoms with Crippen LogP contribution in [0.5, 0.6) is 0 Å². The quantitative estimate of drug-likeness (QED) is 0.810. The molecule has 2 aromatic rings. The third-order valence-electron chi connectivity index (χ3n) is 5.35. The SMILES string of the molecule is O=C(c1ccc(CN2CCCCCC2)s1)N1CCN(c2ncccn2)CC1. The molecule has 0 N–H and O–H groups in total. The van der Waals surface area contributed by atoms with Crippen LogP contribution in [0.15, 0.2) is 30.6 Å². The van der Waals surface area contributed by atoms with Gasteiger partial charge in [-0.2, -0.15) is 0 Å². The summed E-state index contributed by atoms with van der Waals surface area (Å²) in [6, 6.07) is 5.97. The predicted molar refractivity (Wildman–Crippen MR) is 108 cm³/mol. The Balaban J connectivity index is 1.32. The number of amides is 1. The lowest BCUT2D eigenvalue weighted by Gasteiger charge is -2.34. The minimum absolute atomic E-state index is 0.163. The third kappa shape index (κ3) is 4.65. The van der Waals surface area contributed by atoms with Crippen molar-refractivity contribution in [3.63, 3.8) is 0 Å². The summed E-state index contributed by atoms with van der Waals surface area (Å²) in [5.41, 5.74) is 0. The van der Waals surface area contributed by atoms with Crippen LogP contribution in [0, 0.1) is 0 Å². The first-order valence-corrected chi connectivity index (χ1v) is 10.7. The van der Waals surface area contributed by atoms with Gasteiger partial charge >= 0.3 is 0 Å². The molecule has 1 amide bonds. The minimum Gasteiger partial charge on any atom is -0.337 e. The number of anilines is 1. The van der Waals surface area contributed by atoms with Gasteiger partial charge in [-0.15, -0.1) is 11.3 Å². The second-order valence-electron chi connectivity index (χ2n) is 7.28. The van der Waals surface area contributed by atoms with E-state index in [0.29, 0.717) is 0 Å². The number of hydrogen-bond acceptors (Lipinski definition) is 6. The highest BCUT2D eigenvalue weighted by atomic mass is 32.1. The lowest BCUT2D eigenvalue weighted by atomic mass is 10.2. The van der Waals surface area contributed by atoms with Crippen LogP contribution < -0.4 is 4.90 Å². The fourth-order valence-electron chi connectivity index (χ4n) is 3.81. The van der Waals surface area contributed by atoms with Gasteiger partial charge in [-0.1, -0.05) is 12.8 Å². The Morgan fingerprint density at radius 3 is 2.33 bits per heavy atom. The summed E-state index contributed by atoms with van der Waals surface area (Å²) in [6.45, 7) is 6.35. The third-order valence-corrected chi connectivity index (χ3v) is 6.41. The van der Waals surface area contributed by atoms with Crippen molar-refractivity contribution in [2.24, 2.45) is 0 Å². The molecule has 7 heteroatoms. The average molecular weight is 386 g/mol. The van der Waals surface area contributed by atoms with E-state index in [0.717, 1.165) is 43.5 Å². The molecule has 4 heterocycles. The summed E-state index contributed by atoms with van der Waals surface area (Å²) in [7, 11) is 0. The molecule has 0 bridgehead atoms. The molecular weight excluding hydrogens is 358 g/mol. The Hall–Kier alpha value is -1.99. The summed E-state index contributed by atoms with van der Waals surface area (Å²) >= 11 is 1.66. The van der Waals surface area contributed by atoms with Crippen LogP contribution in [0.3, 0.4) is 0 Å². The first-order chi connectivity index (χ1) is 13.3. The van der Waals surface area contributed by atoms with E-state index in [1.807, 2.05) is 17.0 Å². The maximum Gasteiger partial charge on any atom is 0.264 e. The van der Waals surface area contributed by atoms with E-state index in [4.69, 9.17) is 0 Å². The molecule has 0 unspecified atom stereocenters. The minimum atomic E-state index is 0.163. The molecule has 0 radical (unpaired) electrons. The van der Waals surface area contributed by atoms with Gasteiger partial charge in [-0.25, -0.2) is 9.97 Å². The van der Waals surface area contributed by atoms with Gasteiger partial charge in [0, 0.05) is 50.0 Å². The Morgan fingerprint density at radius 1 is 0.926 bits per heavy atom. The Labute approximate surface area is 164 Å². The normalized spacial score (nSPS) is 19.1. The van der Waals surface area contributed by atoms with E-state index in [1.54, 1.807) is 23.7 Å². The highest BCUT2D eigenvalue weighted by Gasteiger charge is 2.24. The van der Waals surface area contributed by atoms with Gasteiger partial charge in [-0.3, -0.25) is 9.69 Å². The van der Waals surface area contributed by atoms with Crippen LogP contribution in [0.25, 0.3) is 0 Å². The molecule has 2 saturated heterocycles. The molecule has 2 aliphatic heterocycles. The summed E-state index contributed by atoms with van der Waals surface area (Å²) in [5.74, 6) is 0.913. The standard InChI is InChI=1S/C20H27N5OS/c26-19(24-12-14-25(15-13-24)20-21-8-5-9-22-20)18-7-6-17(27-18)16-23-10-3-1-2-4-11-23/h5-9H,1-4,10-16H2. The predicted octanol–water partition coefficient (Wildman–Crippen LogP) is 2.88. The van der Waals surface area contributed by atoms with Crippen molar-refractivity contribution in [2.75, 3.05) is 44.2 Å². The molecule has 6 nitrogen and oxygen atoms in total. The lowest BCUT2D eigenvalue weighted by Crippen LogP contribution is -2.49. The van der Waals surface area contributed by atoms with Crippen LogP contribution in [0.2, 0.25) is 0 Å². The number of likely N-dealkylation sites (tertiary alicyclic amines) is 1. The van der Waals surface area contributed by atoms with Crippen LogP contribution in [0.4, 0.5) is 5.95 Å². The van der Waals surface area contributed by atoms with Crippen molar-refractivity contribution in [1.82, 2.24) is 19.8 Å². The van der Waals surface area contributed by atoms with Crippen molar-refractivity contribution < 1.29 is 4.79 Å². The smallest absolute Gasteiger partial charge is 0.264 e. The van der Waals surface area contributed by atoms with Gasteiger partial charge in [-0.05, 0) is 44.1 Å². The maximum absolute atomic E-state index is 12.9. The molecule has 0 saturated carbocycles. The number of rotatable bonds is 4. The van der Waals surface area contributed by atoms with E-state index >= 15 is 0 Å². The first kappa shape index (κ1) is 18.4. The van der Waals surface area contributed by atoms with Crippen molar-refractivity contribution in [1.29, 1.82) is 0 Å². The molecule has 2 aliphatic rings. The van der Waals surface area contributed by atoms with E-state index in [9.17, 15) is 4.79 Å². The zero-order valence-corrected chi connectivity index (χ0v) is 16.5. The molecule has 27 heavy (non-hydrogen) atoms. The molecule has 0 atom stereocenters. The summed E-state index contributed by atoms with van der Waals surface area (Å²) in [6.07, 6.45) is 8.82. The zero-order chi connectivity index (χ0) is 18.5. The van der Waals surface area contributed by atoms with Crippen LogP contribution >= 0.6 is 11.3 Å². The van der Waals surface area contributed by atoms with Crippen LogP contribution in [-0.2, 0) is 6.54 Å². The van der Waals surface area contributed by atoms with E-state index in [1.165, 1.54) is 43.6 Å². The second-order valence-corrected chi connectivity index (χ2v) is 8.45. The average Bonchev–Trinajstić information content (AvgIpc) is 3.03. The number of piperazine rings is 1. The molecule has 2 fully saturated rings. The van der Waals surface area contributed by atoms with Crippen molar-refractivity contribution >= 4 is 23.2 Å². The van der Waals surface area contributed by atoms with Gasteiger partial charge in [0.05, 0.1) is 4.88 Å². The summed E-state index contributed by atoms with van der Waals surface area (Å²) in [4.78, 5) is 30.3. The molecular formula is C20H27N5OS. The Kier molecular flexibility index (Phi) is 5.99. The van der Waals surface area contributed by atoms with E-state index < -0.39 is 0 Å².